The first kappa shape index (κ1) is 33.1. The Labute approximate surface area is 258 Å². The van der Waals surface area contributed by atoms with Crippen LogP contribution in [0.25, 0.3) is 6.08 Å². The molecule has 0 bridgehead atoms. The van der Waals surface area contributed by atoms with Crippen LogP contribution in [0, 0.1) is 0 Å². The van der Waals surface area contributed by atoms with E-state index in [9.17, 15) is 36.2 Å². The lowest BCUT2D eigenvalue weighted by molar-refractivity contribution is -0.376. The number of aliphatic hydroxyl groups is 1. The molecule has 0 saturated carbocycles. The summed E-state index contributed by atoms with van der Waals surface area (Å²) in [6.07, 6.45) is -8.18. The van der Waals surface area contributed by atoms with Crippen molar-refractivity contribution in [3.8, 4) is 5.75 Å². The van der Waals surface area contributed by atoms with Crippen LogP contribution in [0.4, 0.5) is 32.0 Å². The number of allylic oxidation sites excluding steroid dienone is 1. The fourth-order valence-corrected chi connectivity index (χ4v) is 6.61. The second-order valence-corrected chi connectivity index (χ2v) is 12.5. The van der Waals surface area contributed by atoms with Crippen LogP contribution in [0.5, 0.6) is 5.75 Å². The highest BCUT2D eigenvalue weighted by Gasteiger charge is 2.71. The molecule has 7 nitrogen and oxygen atoms in total. The lowest BCUT2D eigenvalue weighted by atomic mass is 9.89. The number of carbonyl (C=O) groups excluding carboxylic acids is 1. The molecule has 2 N–H and O–H groups in total. The average molecular weight is 641 g/mol. The number of halogens is 6. The third-order valence-electron chi connectivity index (χ3n) is 9.15. The average Bonchev–Trinajstić information content (AvgIpc) is 3.59. The van der Waals surface area contributed by atoms with Crippen molar-refractivity contribution in [3.05, 3.63) is 64.7 Å². The van der Waals surface area contributed by atoms with Gasteiger partial charge >= 0.3 is 12.4 Å². The van der Waals surface area contributed by atoms with Crippen LogP contribution < -0.4 is 15.0 Å². The van der Waals surface area contributed by atoms with Crippen LogP contribution in [0.3, 0.4) is 0 Å². The maximum atomic E-state index is 13.6. The largest absolute Gasteiger partial charge is 0.493 e. The van der Waals surface area contributed by atoms with Gasteiger partial charge in [-0.3, -0.25) is 15.0 Å². The number of ether oxygens (including phenoxy) is 1. The summed E-state index contributed by atoms with van der Waals surface area (Å²) in [5.41, 5.74) is -3.86. The van der Waals surface area contributed by atoms with Gasteiger partial charge in [-0.2, -0.15) is 26.3 Å². The standard InChI is InChI=1S/C32H38F6N4O3/c1-5-6-22-13-25(30(44,31(33,34)35)32(36,37)38)7-9-26(22)41-15-21(3)42(16-20(41)2)28(43)17-40-18-29(4,39-19-40)24-8-10-27-23(14-24)11-12-45-27/h5-10,13-14,20-21,39,44H,11-12,15-19H2,1-4H3/b6-5-/t20-,21+,29?/m0/s1. The maximum Gasteiger partial charge on any atom is 0.430 e. The number of hydrogen-bond acceptors (Lipinski definition) is 6. The minimum Gasteiger partial charge on any atom is -0.493 e. The number of piperazine rings is 1. The van der Waals surface area contributed by atoms with Crippen molar-refractivity contribution in [3.63, 3.8) is 0 Å². The van der Waals surface area contributed by atoms with Gasteiger partial charge in [0.15, 0.2) is 0 Å². The molecule has 5 rings (SSSR count). The zero-order valence-electron chi connectivity index (χ0n) is 25.6. The summed E-state index contributed by atoms with van der Waals surface area (Å²) in [4.78, 5) is 19.2. The molecule has 0 aliphatic carbocycles. The molecule has 0 spiro atoms. The van der Waals surface area contributed by atoms with Crippen LogP contribution in [-0.2, 0) is 22.4 Å². The molecule has 13 heteroatoms. The number of benzene rings is 2. The van der Waals surface area contributed by atoms with E-state index in [1.165, 1.54) is 23.8 Å². The highest BCUT2D eigenvalue weighted by atomic mass is 19.4. The topological polar surface area (TPSA) is 68.3 Å². The SMILES string of the molecule is C/C=C\c1cc(C(O)(C(F)(F)F)C(F)(F)F)ccc1N1C[C@@H](C)N(C(=O)CN2CNC(C)(c3ccc4c(c3)CCO4)C2)C[C@@H]1C. The van der Waals surface area contributed by atoms with Gasteiger partial charge < -0.3 is 19.6 Å². The predicted molar refractivity (Wildman–Crippen MR) is 158 cm³/mol. The van der Waals surface area contributed by atoms with Crippen molar-refractivity contribution in [1.82, 2.24) is 15.1 Å². The van der Waals surface area contributed by atoms with Crippen LogP contribution >= 0.6 is 0 Å². The minimum absolute atomic E-state index is 0.0631. The molecule has 3 aliphatic heterocycles. The molecule has 1 amide bonds. The summed E-state index contributed by atoms with van der Waals surface area (Å²) in [5, 5.41) is 13.5. The second kappa shape index (κ2) is 11.8. The van der Waals surface area contributed by atoms with Gasteiger partial charge in [0.1, 0.15) is 5.75 Å². The number of amides is 1. The van der Waals surface area contributed by atoms with Crippen molar-refractivity contribution in [2.75, 3.05) is 44.4 Å². The van der Waals surface area contributed by atoms with E-state index < -0.39 is 23.5 Å². The van der Waals surface area contributed by atoms with Crippen molar-refractivity contribution >= 4 is 17.7 Å². The molecule has 3 heterocycles. The van der Waals surface area contributed by atoms with Crippen LogP contribution in [0.2, 0.25) is 0 Å². The van der Waals surface area contributed by atoms with Gasteiger partial charge in [-0.1, -0.05) is 30.4 Å². The Morgan fingerprint density at radius 2 is 1.78 bits per heavy atom. The van der Waals surface area contributed by atoms with E-state index in [2.05, 4.69) is 23.2 Å². The van der Waals surface area contributed by atoms with Gasteiger partial charge in [-0.05, 0) is 62.6 Å². The quantitative estimate of drug-likeness (QED) is 0.425. The van der Waals surface area contributed by atoms with Crippen molar-refractivity contribution < 1.29 is 41.0 Å². The molecule has 0 radical (unpaired) electrons. The molecular weight excluding hydrogens is 602 g/mol. The number of nitrogens with zero attached hydrogens (tertiary/aromatic N) is 3. The number of anilines is 1. The molecular formula is C32H38F6N4O3. The first-order valence-electron chi connectivity index (χ1n) is 14.9. The highest BCUT2D eigenvalue weighted by molar-refractivity contribution is 5.79. The molecule has 3 atom stereocenters. The summed E-state index contributed by atoms with van der Waals surface area (Å²) in [5.74, 6) is 0.847. The number of fused-ring (bicyclic) bond motifs is 1. The van der Waals surface area contributed by atoms with Crippen molar-refractivity contribution in [2.45, 2.75) is 69.7 Å². The zero-order chi connectivity index (χ0) is 32.9. The molecule has 1 unspecified atom stereocenters. The molecule has 2 fully saturated rings. The third-order valence-corrected chi connectivity index (χ3v) is 9.15. The highest BCUT2D eigenvalue weighted by Crippen LogP contribution is 2.50. The van der Waals surface area contributed by atoms with Gasteiger partial charge in [0, 0.05) is 56.1 Å². The summed E-state index contributed by atoms with van der Waals surface area (Å²) in [6, 6.07) is 8.20. The van der Waals surface area contributed by atoms with E-state index in [1.807, 2.05) is 30.9 Å². The Hall–Kier alpha value is -3.29. The predicted octanol–water partition coefficient (Wildman–Crippen LogP) is 5.17. The first-order valence-corrected chi connectivity index (χ1v) is 14.9. The summed E-state index contributed by atoms with van der Waals surface area (Å²) in [6.45, 7) is 10.1. The van der Waals surface area contributed by atoms with Gasteiger partial charge in [0.25, 0.3) is 5.60 Å². The van der Waals surface area contributed by atoms with E-state index in [0.29, 0.717) is 44.7 Å². The molecule has 3 aliphatic rings. The monoisotopic (exact) mass is 640 g/mol. The number of rotatable bonds is 6. The van der Waals surface area contributed by atoms with Crippen molar-refractivity contribution in [2.24, 2.45) is 0 Å². The summed E-state index contributed by atoms with van der Waals surface area (Å²) in [7, 11) is 0. The maximum absolute atomic E-state index is 13.6. The molecule has 2 aromatic rings. The molecule has 246 valence electrons. The zero-order valence-corrected chi connectivity index (χ0v) is 25.6. The Bertz CT molecular complexity index is 1450. The summed E-state index contributed by atoms with van der Waals surface area (Å²) >= 11 is 0. The fraction of sp³-hybridized carbons (Fsp3) is 0.531. The van der Waals surface area contributed by atoms with Gasteiger partial charge in [-0.25, -0.2) is 0 Å². The second-order valence-electron chi connectivity index (χ2n) is 12.5. The Morgan fingerprint density at radius 1 is 1.07 bits per heavy atom. The van der Waals surface area contributed by atoms with Crippen LogP contribution in [0.1, 0.15) is 49.9 Å². The van der Waals surface area contributed by atoms with E-state index in [0.717, 1.165) is 23.8 Å². The van der Waals surface area contributed by atoms with Gasteiger partial charge in [0.2, 0.25) is 5.91 Å². The van der Waals surface area contributed by atoms with Gasteiger partial charge in [0.05, 0.1) is 18.7 Å². The Balaban J connectivity index is 1.29. The van der Waals surface area contributed by atoms with E-state index in [1.54, 1.807) is 11.8 Å². The van der Waals surface area contributed by atoms with Crippen molar-refractivity contribution in [1.29, 1.82) is 0 Å². The number of nitrogens with one attached hydrogen (secondary N) is 1. The Morgan fingerprint density at radius 3 is 2.44 bits per heavy atom. The Kier molecular flexibility index (Phi) is 8.69. The third kappa shape index (κ3) is 6.01. The molecule has 2 saturated heterocycles. The lowest BCUT2D eigenvalue weighted by Gasteiger charge is -2.46. The van der Waals surface area contributed by atoms with Gasteiger partial charge in [-0.15, -0.1) is 0 Å². The molecule has 2 aromatic carbocycles. The minimum atomic E-state index is -5.98. The smallest absolute Gasteiger partial charge is 0.430 e. The van der Waals surface area contributed by atoms with Crippen LogP contribution in [0.15, 0.2) is 42.5 Å². The summed E-state index contributed by atoms with van der Waals surface area (Å²) < 4.78 is 87.0. The molecule has 45 heavy (non-hydrogen) atoms. The first-order chi connectivity index (χ1) is 21.0. The lowest BCUT2D eigenvalue weighted by Crippen LogP contribution is -2.59. The van der Waals surface area contributed by atoms with E-state index >= 15 is 0 Å². The normalized spacial score (nSPS) is 24.8. The number of hydrogen-bond donors (Lipinski definition) is 2. The number of carbonyl (C=O) groups is 1. The molecule has 0 aromatic heterocycles. The van der Waals surface area contributed by atoms with Crippen LogP contribution in [-0.4, -0.2) is 84.7 Å². The fourth-order valence-electron chi connectivity index (χ4n) is 6.61. The van der Waals surface area contributed by atoms with E-state index in [-0.39, 0.29) is 35.6 Å². The van der Waals surface area contributed by atoms with E-state index in [4.69, 9.17) is 4.74 Å². The number of alkyl halides is 6.